The smallest absolute Gasteiger partial charge is 0.233 e. The van der Waals surface area contributed by atoms with E-state index in [0.29, 0.717) is 20.8 Å². The molecule has 8 heteroatoms. The minimum absolute atomic E-state index is 0.186. The van der Waals surface area contributed by atoms with Crippen molar-refractivity contribution < 1.29 is 4.79 Å². The molecule has 3 rings (SSSR count). The maximum atomic E-state index is 12.4. The van der Waals surface area contributed by atoms with Crippen LogP contribution in [0.1, 0.15) is 26.2 Å². The highest BCUT2D eigenvalue weighted by Crippen LogP contribution is 2.26. The zero-order valence-corrected chi connectivity index (χ0v) is 16.5. The van der Waals surface area contributed by atoms with Gasteiger partial charge < -0.3 is 4.90 Å². The summed E-state index contributed by atoms with van der Waals surface area (Å²) >= 11 is 14.2. The third kappa shape index (κ3) is 4.20. The standard InChI is InChI=1S/C16H18ClN3OS3/c1-11-4-2-3-9-19(11)14(21)10-23-15-18-20(16(22)24-15)13-7-5-12(17)6-8-13/h5-8,11H,2-4,9-10H2,1H3/t11-/m0/s1. The monoisotopic (exact) mass is 399 g/mol. The lowest BCUT2D eigenvalue weighted by Gasteiger charge is -2.33. The molecule has 1 atom stereocenters. The van der Waals surface area contributed by atoms with Gasteiger partial charge in [-0.2, -0.15) is 0 Å². The Labute approximate surface area is 159 Å². The van der Waals surface area contributed by atoms with Crippen molar-refractivity contribution in [2.45, 2.75) is 36.6 Å². The molecular formula is C16H18ClN3OS3. The first-order valence-electron chi connectivity index (χ1n) is 7.83. The Bertz CT molecular complexity index is 772. The minimum atomic E-state index is 0.186. The van der Waals surface area contributed by atoms with Crippen LogP contribution in [0.3, 0.4) is 0 Å². The van der Waals surface area contributed by atoms with E-state index < -0.39 is 0 Å². The van der Waals surface area contributed by atoms with E-state index in [1.807, 2.05) is 29.2 Å². The van der Waals surface area contributed by atoms with E-state index >= 15 is 0 Å². The number of piperidine rings is 1. The van der Waals surface area contributed by atoms with E-state index in [2.05, 4.69) is 12.0 Å². The van der Waals surface area contributed by atoms with E-state index in [1.54, 1.807) is 4.68 Å². The Morgan fingerprint density at radius 3 is 2.88 bits per heavy atom. The van der Waals surface area contributed by atoms with Crippen LogP contribution in [0.4, 0.5) is 0 Å². The summed E-state index contributed by atoms with van der Waals surface area (Å²) in [5, 5.41) is 5.20. The van der Waals surface area contributed by atoms with Gasteiger partial charge in [-0.1, -0.05) is 34.7 Å². The summed E-state index contributed by atoms with van der Waals surface area (Å²) in [5.74, 6) is 0.596. The summed E-state index contributed by atoms with van der Waals surface area (Å²) in [6, 6.07) is 7.73. The van der Waals surface area contributed by atoms with Gasteiger partial charge in [-0.05, 0) is 62.7 Å². The highest BCUT2D eigenvalue weighted by atomic mass is 35.5. The Balaban J connectivity index is 1.66. The second kappa shape index (κ2) is 7.99. The van der Waals surface area contributed by atoms with Gasteiger partial charge in [-0.3, -0.25) is 4.79 Å². The van der Waals surface area contributed by atoms with Gasteiger partial charge in [0.1, 0.15) is 0 Å². The van der Waals surface area contributed by atoms with Crippen LogP contribution >= 0.6 is 46.9 Å². The number of carbonyl (C=O) groups excluding carboxylic acids is 1. The van der Waals surface area contributed by atoms with Crippen LogP contribution in [0.25, 0.3) is 5.69 Å². The van der Waals surface area contributed by atoms with E-state index in [4.69, 9.17) is 23.8 Å². The molecule has 1 aliphatic rings. The first kappa shape index (κ1) is 17.9. The van der Waals surface area contributed by atoms with E-state index in [1.165, 1.54) is 29.5 Å². The van der Waals surface area contributed by atoms with Crippen molar-refractivity contribution in [1.82, 2.24) is 14.7 Å². The van der Waals surface area contributed by atoms with Crippen LogP contribution in [0.15, 0.2) is 28.6 Å². The number of amides is 1. The highest BCUT2D eigenvalue weighted by molar-refractivity contribution is 8.01. The average molecular weight is 400 g/mol. The number of benzene rings is 1. The molecule has 0 bridgehead atoms. The molecule has 24 heavy (non-hydrogen) atoms. The normalized spacial score (nSPS) is 17.9. The van der Waals surface area contributed by atoms with Gasteiger partial charge >= 0.3 is 0 Å². The Morgan fingerprint density at radius 2 is 2.17 bits per heavy atom. The molecule has 1 amide bonds. The summed E-state index contributed by atoms with van der Waals surface area (Å²) in [4.78, 5) is 14.4. The summed E-state index contributed by atoms with van der Waals surface area (Å²) < 4.78 is 3.19. The van der Waals surface area contributed by atoms with Gasteiger partial charge in [-0.25, -0.2) is 4.68 Å². The molecule has 0 saturated carbocycles. The molecule has 2 aromatic rings. The Morgan fingerprint density at radius 1 is 1.42 bits per heavy atom. The van der Waals surface area contributed by atoms with Crippen molar-refractivity contribution in [3.63, 3.8) is 0 Å². The van der Waals surface area contributed by atoms with E-state index in [0.717, 1.165) is 29.4 Å². The fourth-order valence-electron chi connectivity index (χ4n) is 2.74. The summed E-state index contributed by atoms with van der Waals surface area (Å²) in [7, 11) is 0. The zero-order valence-electron chi connectivity index (χ0n) is 13.3. The first-order chi connectivity index (χ1) is 11.5. The van der Waals surface area contributed by atoms with Gasteiger partial charge in [0.05, 0.1) is 11.4 Å². The molecule has 128 valence electrons. The number of hydrogen-bond donors (Lipinski definition) is 0. The maximum Gasteiger partial charge on any atom is 0.233 e. The second-order valence-corrected chi connectivity index (χ2v) is 9.02. The minimum Gasteiger partial charge on any atom is -0.339 e. The first-order valence-corrected chi connectivity index (χ1v) is 10.4. The summed E-state index contributed by atoms with van der Waals surface area (Å²) in [6.45, 7) is 3.00. The van der Waals surface area contributed by atoms with Gasteiger partial charge in [0.2, 0.25) is 5.91 Å². The zero-order chi connectivity index (χ0) is 17.1. The molecule has 2 heterocycles. The lowest BCUT2D eigenvalue weighted by Crippen LogP contribution is -2.42. The summed E-state index contributed by atoms with van der Waals surface area (Å²) in [6.07, 6.45) is 3.41. The summed E-state index contributed by atoms with van der Waals surface area (Å²) in [5.41, 5.74) is 0.878. The predicted octanol–water partition coefficient (Wildman–Crippen LogP) is 4.81. The third-order valence-corrected chi connectivity index (χ3v) is 6.65. The van der Waals surface area contributed by atoms with Gasteiger partial charge in [0.15, 0.2) is 8.29 Å². The van der Waals surface area contributed by atoms with Crippen LogP contribution in [-0.4, -0.2) is 38.9 Å². The van der Waals surface area contributed by atoms with Crippen LogP contribution < -0.4 is 0 Å². The molecule has 0 unspecified atom stereocenters. The van der Waals surface area contributed by atoms with Gasteiger partial charge in [-0.15, -0.1) is 5.10 Å². The molecule has 0 aliphatic carbocycles. The Kier molecular flexibility index (Phi) is 5.97. The average Bonchev–Trinajstić information content (AvgIpc) is 2.95. The molecule has 4 nitrogen and oxygen atoms in total. The van der Waals surface area contributed by atoms with Crippen LogP contribution in [0.2, 0.25) is 5.02 Å². The predicted molar refractivity (Wildman–Crippen MR) is 103 cm³/mol. The van der Waals surface area contributed by atoms with Crippen molar-refractivity contribution in [3.8, 4) is 5.69 Å². The van der Waals surface area contributed by atoms with Crippen molar-refractivity contribution in [1.29, 1.82) is 0 Å². The van der Waals surface area contributed by atoms with Crippen molar-refractivity contribution >= 4 is 52.8 Å². The number of aromatic nitrogens is 2. The Hall–Kier alpha value is -0.890. The van der Waals surface area contributed by atoms with Crippen LogP contribution in [0.5, 0.6) is 0 Å². The molecule has 1 aromatic carbocycles. The van der Waals surface area contributed by atoms with Gasteiger partial charge in [0, 0.05) is 17.6 Å². The van der Waals surface area contributed by atoms with E-state index in [9.17, 15) is 4.79 Å². The SMILES string of the molecule is C[C@H]1CCCCN1C(=O)CSc1nn(-c2ccc(Cl)cc2)c(=S)s1. The second-order valence-electron chi connectivity index (χ2n) is 5.74. The van der Waals surface area contributed by atoms with Crippen molar-refractivity contribution in [3.05, 3.63) is 33.2 Å². The van der Waals surface area contributed by atoms with E-state index in [-0.39, 0.29) is 5.91 Å². The maximum absolute atomic E-state index is 12.4. The molecule has 0 N–H and O–H groups in total. The van der Waals surface area contributed by atoms with Crippen LogP contribution in [-0.2, 0) is 4.79 Å². The third-order valence-electron chi connectivity index (χ3n) is 4.04. The lowest BCUT2D eigenvalue weighted by molar-refractivity contribution is -0.131. The van der Waals surface area contributed by atoms with Crippen molar-refractivity contribution in [2.24, 2.45) is 0 Å². The molecule has 0 radical (unpaired) electrons. The van der Waals surface area contributed by atoms with Crippen molar-refractivity contribution in [2.75, 3.05) is 12.3 Å². The fourth-order valence-corrected chi connectivity index (χ4v) is 5.11. The number of nitrogens with zero attached hydrogens (tertiary/aromatic N) is 3. The fraction of sp³-hybridized carbons (Fsp3) is 0.438. The lowest BCUT2D eigenvalue weighted by atomic mass is 10.0. The number of thioether (sulfide) groups is 1. The molecule has 1 aliphatic heterocycles. The quantitative estimate of drug-likeness (QED) is 0.546. The van der Waals surface area contributed by atoms with Gasteiger partial charge in [0.25, 0.3) is 0 Å². The molecule has 1 saturated heterocycles. The van der Waals surface area contributed by atoms with Crippen LogP contribution in [0, 0.1) is 3.95 Å². The highest BCUT2D eigenvalue weighted by Gasteiger charge is 2.23. The number of likely N-dealkylation sites (tertiary alicyclic amines) is 1. The molecule has 0 spiro atoms. The number of halogens is 1. The number of rotatable bonds is 4. The topological polar surface area (TPSA) is 38.1 Å². The molecule has 1 fully saturated rings. The molecular weight excluding hydrogens is 382 g/mol. The number of carbonyl (C=O) groups is 1. The number of hydrogen-bond acceptors (Lipinski definition) is 5. The largest absolute Gasteiger partial charge is 0.339 e. The molecule has 1 aromatic heterocycles.